The third-order valence-corrected chi connectivity index (χ3v) is 5.33. The van der Waals surface area contributed by atoms with Crippen molar-refractivity contribution in [2.24, 2.45) is 0 Å². The Balaban J connectivity index is 2.42. The molecule has 1 fully saturated rings. The third kappa shape index (κ3) is 5.96. The summed E-state index contributed by atoms with van der Waals surface area (Å²) in [7, 11) is -2.39. The molecule has 0 spiro atoms. The number of phosphoric acid groups is 1. The average molecular weight is 460 g/mol. The van der Waals surface area contributed by atoms with Gasteiger partial charge in [-0.1, -0.05) is 0 Å². The minimum absolute atomic E-state index is 0.106. The number of methoxy groups -OCH3 is 1. The van der Waals surface area contributed by atoms with Crippen LogP contribution in [0.25, 0.3) is 0 Å². The Morgan fingerprint density at radius 1 is 1.54 bits per heavy atom. The Bertz CT molecular complexity index is 676. The van der Waals surface area contributed by atoms with Crippen molar-refractivity contribution < 1.29 is 42.2 Å². The summed E-state index contributed by atoms with van der Waals surface area (Å²) in [5.74, 6) is -0.279. The number of hydrogen-bond donors (Lipinski definition) is 4. The number of ether oxygens (including phenoxy) is 2. The number of nitrogens with one attached hydrogen (secondary N) is 1. The molecule has 3 N–H and O–H groups in total. The average Bonchev–Trinajstić information content (AvgIpc) is 2.86. The first-order chi connectivity index (χ1) is 13.0. The van der Waals surface area contributed by atoms with E-state index in [0.717, 1.165) is 0 Å². The van der Waals surface area contributed by atoms with Gasteiger partial charge in [0.05, 0.1) is 13.3 Å². The maximum Gasteiger partial charge on any atom is 0.582 e. The second kappa shape index (κ2) is 9.48. The van der Waals surface area contributed by atoms with Crippen LogP contribution >= 0.6 is 27.3 Å². The Hall–Kier alpha value is -0.590. The molecule has 15 heteroatoms. The number of hydrogen-bond acceptors (Lipinski definition) is 9. The maximum absolute atomic E-state index is 11.7. The normalized spacial score (nSPS) is 31.4. The van der Waals surface area contributed by atoms with Crippen LogP contribution in [0.3, 0.4) is 0 Å². The zero-order chi connectivity index (χ0) is 21.1. The van der Waals surface area contributed by atoms with Gasteiger partial charge in [-0.05, 0) is 18.7 Å². The zero-order valence-corrected chi connectivity index (χ0v) is 18.2. The Labute approximate surface area is 168 Å². The molecule has 2 aliphatic rings. The van der Waals surface area contributed by atoms with Gasteiger partial charge in [0, 0.05) is 25.9 Å². The molecule has 12 nitrogen and oxygen atoms in total. The molecule has 0 bridgehead atoms. The molecular weight excluding hydrogens is 436 g/mol. The lowest BCUT2D eigenvalue weighted by Gasteiger charge is -2.35. The van der Waals surface area contributed by atoms with Crippen molar-refractivity contribution in [2.45, 2.75) is 24.0 Å². The van der Waals surface area contributed by atoms with Crippen molar-refractivity contribution in [2.75, 3.05) is 41.0 Å². The zero-order valence-electron chi connectivity index (χ0n) is 15.5. The molecule has 0 saturated carbocycles. The highest BCUT2D eigenvalue weighted by molar-refractivity contribution is 8.39. The summed E-state index contributed by atoms with van der Waals surface area (Å²) >= 11 is 3.80. The van der Waals surface area contributed by atoms with Gasteiger partial charge in [0.25, 0.3) is 0 Å². The molecule has 160 valence electrons. The van der Waals surface area contributed by atoms with Gasteiger partial charge in [0.1, 0.15) is 24.0 Å². The lowest BCUT2D eigenvalue weighted by molar-refractivity contribution is -0.146. The summed E-state index contributed by atoms with van der Waals surface area (Å²) in [4.78, 5) is 33.0. The van der Waals surface area contributed by atoms with Crippen LogP contribution in [0.4, 0.5) is 0 Å². The topological polar surface area (TPSA) is 147 Å². The van der Waals surface area contributed by atoms with Crippen molar-refractivity contribution in [1.82, 2.24) is 15.1 Å². The third-order valence-electron chi connectivity index (χ3n) is 4.17. The fourth-order valence-electron chi connectivity index (χ4n) is 3.21. The molecule has 0 aromatic rings. The Morgan fingerprint density at radius 2 is 2.21 bits per heavy atom. The minimum Gasteiger partial charge on any atom is -0.374 e. The van der Waals surface area contributed by atoms with Crippen molar-refractivity contribution in [3.05, 3.63) is 12.3 Å². The van der Waals surface area contributed by atoms with Gasteiger partial charge >= 0.3 is 15.1 Å². The molecule has 1 saturated heterocycles. The van der Waals surface area contributed by atoms with Gasteiger partial charge in [-0.3, -0.25) is 9.32 Å². The number of carbonyl (C=O) groups is 1. The standard InChI is InChI=1S/C13H23N3O9P2S/c1-15(2)6-13(7-23-27(19,20)21)11(25-26(18)28)10(22-3)12(24-13)16-5-4-9(17)14-8-16/h4-5,10-12H,6-8H2,1-3H3,(H3-,14,17,18,19,20,21,28)/p+1. The first kappa shape index (κ1) is 23.7. The molecule has 0 aromatic carbocycles. The van der Waals surface area contributed by atoms with Crippen molar-refractivity contribution >= 4 is 33.2 Å². The first-order valence-corrected chi connectivity index (χ1v) is 11.9. The molecular formula is C13H24N3O9P2S+. The van der Waals surface area contributed by atoms with Crippen LogP contribution in [0, 0.1) is 0 Å². The van der Waals surface area contributed by atoms with Gasteiger partial charge in [-0.2, -0.15) is 0 Å². The highest BCUT2D eigenvalue weighted by atomic mass is 32.7. The summed E-state index contributed by atoms with van der Waals surface area (Å²) in [5.41, 5.74) is -1.45. The molecule has 0 aliphatic carbocycles. The number of carbonyl (C=O) groups excluding carboxylic acids is 1. The van der Waals surface area contributed by atoms with E-state index in [1.54, 1.807) is 23.9 Å². The number of nitrogens with zero attached hydrogens (tertiary/aromatic N) is 2. The Kier molecular flexibility index (Phi) is 8.02. The van der Waals surface area contributed by atoms with E-state index in [4.69, 9.17) is 28.3 Å². The number of rotatable bonds is 9. The molecule has 0 radical (unpaired) electrons. The molecule has 2 aliphatic heterocycles. The van der Waals surface area contributed by atoms with E-state index in [2.05, 4.69) is 17.6 Å². The first-order valence-electron chi connectivity index (χ1n) is 8.07. The Morgan fingerprint density at radius 3 is 2.68 bits per heavy atom. The SMILES string of the molecule is COC1C(N2C=CC(=O)NC2)OC(COP(=O)(O)O)(CN(C)C)C1O[P+](=O)S. The van der Waals surface area contributed by atoms with E-state index in [1.807, 2.05) is 0 Å². The highest BCUT2D eigenvalue weighted by Crippen LogP contribution is 2.46. The fraction of sp³-hybridized carbons (Fsp3) is 0.769. The molecule has 2 heterocycles. The van der Waals surface area contributed by atoms with Gasteiger partial charge < -0.3 is 34.4 Å². The molecule has 1 amide bonds. The van der Waals surface area contributed by atoms with Crippen molar-refractivity contribution in [1.29, 1.82) is 0 Å². The van der Waals surface area contributed by atoms with Crippen LogP contribution in [-0.4, -0.2) is 90.6 Å². The number of thiol groups is 1. The van der Waals surface area contributed by atoms with E-state index in [-0.39, 0.29) is 19.1 Å². The quantitative estimate of drug-likeness (QED) is 0.264. The summed E-state index contributed by atoms with van der Waals surface area (Å²) in [6.45, 7) is -0.344. The van der Waals surface area contributed by atoms with Gasteiger partial charge in [0.2, 0.25) is 5.91 Å². The predicted octanol–water partition coefficient (Wildman–Crippen LogP) is -0.357. The van der Waals surface area contributed by atoms with Crippen LogP contribution in [0.5, 0.6) is 0 Å². The van der Waals surface area contributed by atoms with E-state index < -0.39 is 45.7 Å². The van der Waals surface area contributed by atoms with Crippen LogP contribution < -0.4 is 5.32 Å². The van der Waals surface area contributed by atoms with E-state index in [9.17, 15) is 13.9 Å². The summed E-state index contributed by atoms with van der Waals surface area (Å²) < 4.78 is 44.9. The highest BCUT2D eigenvalue weighted by Gasteiger charge is 2.61. The molecule has 0 aromatic heterocycles. The minimum atomic E-state index is -4.82. The van der Waals surface area contributed by atoms with E-state index >= 15 is 0 Å². The fourth-order valence-corrected chi connectivity index (χ4v) is 4.41. The number of amides is 1. The van der Waals surface area contributed by atoms with Gasteiger partial charge in [-0.25, -0.2) is 4.57 Å². The number of phosphoric ester groups is 1. The smallest absolute Gasteiger partial charge is 0.374 e. The lowest BCUT2D eigenvalue weighted by atomic mass is 9.95. The van der Waals surface area contributed by atoms with Gasteiger partial charge in [0.15, 0.2) is 12.3 Å². The van der Waals surface area contributed by atoms with E-state index in [1.165, 1.54) is 19.4 Å². The summed E-state index contributed by atoms with van der Waals surface area (Å²) in [6.07, 6.45) is 0.111. The summed E-state index contributed by atoms with van der Waals surface area (Å²) in [5, 5.41) is 2.62. The van der Waals surface area contributed by atoms with Gasteiger partial charge in [-0.15, -0.1) is 4.52 Å². The van der Waals surface area contributed by atoms with E-state index in [0.29, 0.717) is 0 Å². The molecule has 2 rings (SSSR count). The second-order valence-electron chi connectivity index (χ2n) is 6.57. The van der Waals surface area contributed by atoms with Crippen LogP contribution in [-0.2, 0) is 32.4 Å². The summed E-state index contributed by atoms with van der Waals surface area (Å²) in [6, 6.07) is 0. The van der Waals surface area contributed by atoms with Crippen LogP contribution in [0.2, 0.25) is 0 Å². The molecule has 5 atom stereocenters. The predicted molar refractivity (Wildman–Crippen MR) is 100 cm³/mol. The van der Waals surface area contributed by atoms with Crippen LogP contribution in [0.1, 0.15) is 0 Å². The second-order valence-corrected chi connectivity index (χ2v) is 9.47. The monoisotopic (exact) mass is 460 g/mol. The molecule has 28 heavy (non-hydrogen) atoms. The number of likely N-dealkylation sites (N-methyl/N-ethyl adjacent to an activating group) is 1. The van der Waals surface area contributed by atoms with Crippen molar-refractivity contribution in [3.8, 4) is 0 Å². The maximum atomic E-state index is 11.7. The lowest BCUT2D eigenvalue weighted by Crippen LogP contribution is -2.54. The molecule has 5 unspecified atom stereocenters. The van der Waals surface area contributed by atoms with Crippen LogP contribution in [0.15, 0.2) is 12.3 Å². The largest absolute Gasteiger partial charge is 0.582 e. The van der Waals surface area contributed by atoms with Crippen molar-refractivity contribution in [3.63, 3.8) is 0 Å².